The SMILES string of the molecule is CSCC[C@H](NC(=O)[C@@H]1CCCN1C(=O)[C@@H]1CCCN1C(=O)[C@H](C)NC(=O)CNC(=O)[C@H](CO)NC(=O)[C@H](CO)NC(=O)[C@H](Cc1ccc(O)cc1)NC(=O)[C@H](C)NC(=O)CNC(=O)CNC(=O)CNC(=O)COCC(=O)O)C(=O)N1CCC[C@H]1C(=O)N1CCC[C@H]1C(=O)N[C@@H](Cc1ccccc1)C(=O)O. The third kappa shape index (κ3) is 25.4. The van der Waals surface area contributed by atoms with Gasteiger partial charge in [-0.15, -0.1) is 0 Å². The molecule has 11 atom stereocenters. The van der Waals surface area contributed by atoms with Gasteiger partial charge in [0.1, 0.15) is 85.4 Å². The summed E-state index contributed by atoms with van der Waals surface area (Å²) in [6.07, 6.45) is 4.41. The Bertz CT molecular complexity index is 3520. The standard InChI is InChI=1S/C67H93N15O23S/c1-37(72-53(88)31-69-51(86)29-68-52(87)30-70-55(90)35-105-36-56(91)92)57(93)75-43(27-40-17-19-41(85)20-18-40)59(95)78-46(34-84)60(96)77-45(33-83)58(94)71-32-54(89)73-38(2)63(99)81-24-9-15-49(81)65(101)79-22-7-13-47(79)61(97)74-42(21-26-106-3)64(100)82-25-10-16-50(82)66(102)80-23-8-14-48(80)62(98)76-44(67(103)104)28-39-11-5-4-6-12-39/h4-6,11-12,17-20,37-38,42-50,83-85H,7-10,13-16,21-36H2,1-3H3,(H,68,87)(H,69,86)(H,70,90)(H,71,94)(H,72,88)(H,73,89)(H,74,97)(H,75,93)(H,76,98)(H,77,96)(H,78,95)(H,91,92)(H,103,104)/t37-,38-,42-,43-,44-,45-,46-,47-,48-,49-,50-/m0/s1. The summed E-state index contributed by atoms with van der Waals surface area (Å²) in [5.74, 6) is -14.5. The number of carbonyl (C=O) groups is 17. The molecule has 39 heteroatoms. The second kappa shape index (κ2) is 41.8. The van der Waals surface area contributed by atoms with Gasteiger partial charge >= 0.3 is 11.9 Å². The van der Waals surface area contributed by atoms with Crippen LogP contribution in [0.2, 0.25) is 0 Å². The highest BCUT2D eigenvalue weighted by Gasteiger charge is 2.47. The molecule has 4 heterocycles. The molecule has 0 bridgehead atoms. The number of nitrogens with one attached hydrogen (secondary N) is 11. The number of phenols is 1. The lowest BCUT2D eigenvalue weighted by atomic mass is 10.0. The minimum Gasteiger partial charge on any atom is -0.508 e. The van der Waals surface area contributed by atoms with Crippen molar-refractivity contribution in [2.24, 2.45) is 0 Å². The molecule has 106 heavy (non-hydrogen) atoms. The second-order valence-corrected chi connectivity index (χ2v) is 26.6. The van der Waals surface area contributed by atoms with E-state index in [1.165, 1.54) is 69.5 Å². The van der Waals surface area contributed by atoms with Crippen molar-refractivity contribution in [1.82, 2.24) is 78.1 Å². The minimum absolute atomic E-state index is 0.0200. The van der Waals surface area contributed by atoms with Gasteiger partial charge in [-0.3, -0.25) is 71.9 Å². The molecule has 2 aromatic carbocycles. The lowest BCUT2D eigenvalue weighted by Crippen LogP contribution is -2.60. The van der Waals surface area contributed by atoms with Crippen LogP contribution in [0.5, 0.6) is 5.75 Å². The summed E-state index contributed by atoms with van der Waals surface area (Å²) in [5.41, 5.74) is 1.05. The van der Waals surface area contributed by atoms with Gasteiger partial charge in [0.2, 0.25) is 88.6 Å². The molecule has 6 rings (SSSR count). The smallest absolute Gasteiger partial charge is 0.329 e. The van der Waals surface area contributed by atoms with E-state index in [9.17, 15) is 102 Å². The number of aliphatic hydroxyl groups excluding tert-OH is 2. The van der Waals surface area contributed by atoms with Crippen LogP contribution in [-0.4, -0.2) is 303 Å². The van der Waals surface area contributed by atoms with Gasteiger partial charge in [0.05, 0.1) is 39.4 Å². The summed E-state index contributed by atoms with van der Waals surface area (Å²) in [6, 6.07) is -0.180. The van der Waals surface area contributed by atoms with Crippen LogP contribution in [0.1, 0.15) is 82.8 Å². The average Bonchev–Trinajstić information content (AvgIpc) is 1.64. The largest absolute Gasteiger partial charge is 0.508 e. The number of aliphatic hydroxyl groups is 2. The van der Waals surface area contributed by atoms with Crippen LogP contribution in [0.25, 0.3) is 0 Å². The van der Waals surface area contributed by atoms with Crippen molar-refractivity contribution in [3.8, 4) is 5.75 Å². The lowest BCUT2D eigenvalue weighted by Gasteiger charge is -2.34. The van der Waals surface area contributed by atoms with E-state index in [1.807, 2.05) is 6.26 Å². The first-order valence-electron chi connectivity index (χ1n) is 34.5. The summed E-state index contributed by atoms with van der Waals surface area (Å²) in [6.45, 7) is -3.15. The predicted molar refractivity (Wildman–Crippen MR) is 371 cm³/mol. The van der Waals surface area contributed by atoms with Crippen molar-refractivity contribution in [2.45, 2.75) is 151 Å². The Morgan fingerprint density at radius 1 is 0.453 bits per heavy atom. The number of carbonyl (C=O) groups excluding carboxylic acids is 15. The Hall–Kier alpha value is -10.5. The lowest BCUT2D eigenvalue weighted by molar-refractivity contribution is -0.149. The monoisotopic (exact) mass is 1510 g/mol. The van der Waals surface area contributed by atoms with Crippen molar-refractivity contribution < 1.29 is 112 Å². The fourth-order valence-corrected chi connectivity index (χ4v) is 12.8. The van der Waals surface area contributed by atoms with Gasteiger partial charge in [-0.25, -0.2) is 9.59 Å². The van der Waals surface area contributed by atoms with Crippen LogP contribution in [0.15, 0.2) is 54.6 Å². The van der Waals surface area contributed by atoms with Crippen LogP contribution in [0.4, 0.5) is 0 Å². The molecule has 4 aliphatic rings. The number of aliphatic carboxylic acids is 2. The molecule has 15 amide bonds. The van der Waals surface area contributed by atoms with Crippen molar-refractivity contribution in [3.05, 3.63) is 65.7 Å². The topological polar surface area (TPSA) is 546 Å². The molecular weight excluding hydrogens is 1410 g/mol. The first-order valence-corrected chi connectivity index (χ1v) is 35.9. The summed E-state index contributed by atoms with van der Waals surface area (Å²) in [5, 5.41) is 74.6. The Labute approximate surface area is 613 Å². The molecule has 0 aliphatic carbocycles. The van der Waals surface area contributed by atoms with Crippen LogP contribution in [0, 0.1) is 0 Å². The summed E-state index contributed by atoms with van der Waals surface area (Å²) in [4.78, 5) is 230. The highest BCUT2D eigenvalue weighted by atomic mass is 32.2. The minimum atomic E-state index is -1.85. The molecule has 0 spiro atoms. The third-order valence-corrected chi connectivity index (χ3v) is 18.5. The Morgan fingerprint density at radius 2 is 0.887 bits per heavy atom. The molecule has 2 aromatic rings. The van der Waals surface area contributed by atoms with E-state index in [2.05, 4.69) is 63.2 Å². The maximum Gasteiger partial charge on any atom is 0.329 e. The zero-order chi connectivity index (χ0) is 77.7. The van der Waals surface area contributed by atoms with E-state index in [-0.39, 0.29) is 76.9 Å². The molecule has 0 saturated carbocycles. The summed E-state index contributed by atoms with van der Waals surface area (Å²) >= 11 is 1.42. The van der Waals surface area contributed by atoms with E-state index >= 15 is 0 Å². The Balaban J connectivity index is 0.967. The van der Waals surface area contributed by atoms with Gasteiger partial charge in [-0.2, -0.15) is 11.8 Å². The van der Waals surface area contributed by atoms with E-state index in [0.29, 0.717) is 42.6 Å². The third-order valence-electron chi connectivity index (χ3n) is 17.8. The van der Waals surface area contributed by atoms with Crippen molar-refractivity contribution in [2.75, 3.05) is 90.8 Å². The summed E-state index contributed by atoms with van der Waals surface area (Å²) in [7, 11) is 0. The molecule has 0 unspecified atom stereocenters. The number of ether oxygens (including phenoxy) is 1. The molecule has 0 radical (unpaired) electrons. The molecule has 4 saturated heterocycles. The van der Waals surface area contributed by atoms with Gasteiger partial charge in [-0.05, 0) is 107 Å². The first kappa shape index (κ1) is 84.4. The van der Waals surface area contributed by atoms with E-state index < -0.39 is 220 Å². The zero-order valence-corrected chi connectivity index (χ0v) is 59.6. The molecule has 4 aliphatic heterocycles. The number of hydrogen-bond acceptors (Lipinski definition) is 22. The first-order chi connectivity index (χ1) is 50.5. The molecule has 16 N–H and O–H groups in total. The van der Waals surface area contributed by atoms with Crippen molar-refractivity contribution in [1.29, 1.82) is 0 Å². The average molecular weight is 1510 g/mol. The number of carboxylic acids is 2. The van der Waals surface area contributed by atoms with Gasteiger partial charge in [0.15, 0.2) is 0 Å². The number of hydrogen-bond donors (Lipinski definition) is 16. The number of nitrogens with zero attached hydrogens (tertiary/aromatic N) is 4. The fraction of sp³-hybridized carbons (Fsp3) is 0.567. The van der Waals surface area contributed by atoms with E-state index in [1.54, 1.807) is 30.3 Å². The maximum absolute atomic E-state index is 14.6. The normalized spacial score (nSPS) is 18.7. The highest BCUT2D eigenvalue weighted by Crippen LogP contribution is 2.29. The van der Waals surface area contributed by atoms with Crippen LogP contribution < -0.4 is 58.5 Å². The molecule has 0 aromatic heterocycles. The summed E-state index contributed by atoms with van der Waals surface area (Å²) < 4.78 is 4.59. The van der Waals surface area contributed by atoms with Crippen LogP contribution in [0.3, 0.4) is 0 Å². The van der Waals surface area contributed by atoms with Gasteiger partial charge in [-0.1, -0.05) is 42.5 Å². The number of phenolic OH excluding ortho intramolecular Hbond substituents is 1. The second-order valence-electron chi connectivity index (χ2n) is 25.6. The number of rotatable bonds is 39. The van der Waals surface area contributed by atoms with Crippen molar-refractivity contribution in [3.63, 3.8) is 0 Å². The van der Waals surface area contributed by atoms with Crippen molar-refractivity contribution >= 4 is 112 Å². The number of thioether (sulfide) groups is 1. The molecule has 38 nitrogen and oxygen atoms in total. The Kier molecular flexibility index (Phi) is 33.3. The number of likely N-dealkylation sites (tertiary alicyclic amines) is 4. The predicted octanol–water partition coefficient (Wildman–Crippen LogP) is -7.04. The maximum atomic E-state index is 14.6. The van der Waals surface area contributed by atoms with Gasteiger partial charge < -0.3 is 108 Å². The number of amides is 15. The van der Waals surface area contributed by atoms with Gasteiger partial charge in [0, 0.05) is 39.0 Å². The molecular formula is C67H93N15O23S. The number of benzene rings is 2. The fourth-order valence-electron chi connectivity index (χ4n) is 12.3. The Morgan fingerprint density at radius 3 is 1.41 bits per heavy atom. The zero-order valence-electron chi connectivity index (χ0n) is 58.8. The van der Waals surface area contributed by atoms with Crippen LogP contribution >= 0.6 is 11.8 Å². The van der Waals surface area contributed by atoms with E-state index in [0.717, 1.165) is 0 Å². The molecule has 4 fully saturated rings. The molecule has 580 valence electrons. The number of carboxylic acid groups (broad SMARTS) is 2. The highest BCUT2D eigenvalue weighted by molar-refractivity contribution is 7.98. The quantitative estimate of drug-likeness (QED) is 0.0296. The van der Waals surface area contributed by atoms with Crippen LogP contribution in [-0.2, 0) is 99.1 Å². The van der Waals surface area contributed by atoms with Gasteiger partial charge in [0.25, 0.3) is 0 Å². The van der Waals surface area contributed by atoms with E-state index in [4.69, 9.17) is 5.11 Å². The number of aromatic hydroxyl groups is 1.